The molecule has 1 saturated heterocycles. The minimum atomic E-state index is -0.611. The number of aromatic nitrogens is 1. The molecule has 0 bridgehead atoms. The number of para-hydroxylation sites is 1. The normalized spacial score (nSPS) is 16.2. The molecule has 1 aliphatic rings. The molecular weight excluding hydrogens is 334 g/mol. The Morgan fingerprint density at radius 2 is 2.09 bits per heavy atom. The van der Waals surface area contributed by atoms with Crippen molar-refractivity contribution in [3.05, 3.63) is 58.8 Å². The summed E-state index contributed by atoms with van der Waals surface area (Å²) < 4.78 is 0.219. The molecular formula is C15H11N3O3S2. The maximum Gasteiger partial charge on any atom is 0.285 e. The van der Waals surface area contributed by atoms with Crippen molar-refractivity contribution in [2.45, 2.75) is 0 Å². The van der Waals surface area contributed by atoms with Gasteiger partial charge in [-0.05, 0) is 42.6 Å². The predicted octanol–water partition coefficient (Wildman–Crippen LogP) is 2.27. The molecule has 2 amide bonds. The second-order valence-corrected chi connectivity index (χ2v) is 6.28. The molecule has 3 rings (SSSR count). The fraction of sp³-hybridized carbons (Fsp3) is 0. The highest BCUT2D eigenvalue weighted by atomic mass is 32.2. The predicted molar refractivity (Wildman–Crippen MR) is 91.4 cm³/mol. The summed E-state index contributed by atoms with van der Waals surface area (Å²) in [6, 6.07) is 9.69. The molecule has 0 unspecified atom stereocenters. The Bertz CT molecular complexity index is 815. The quantitative estimate of drug-likeness (QED) is 0.587. The largest absolute Gasteiger partial charge is 0.507 e. The summed E-state index contributed by atoms with van der Waals surface area (Å²) >= 11 is 6.22. The lowest BCUT2D eigenvalue weighted by Gasteiger charge is -2.15. The molecule has 6 nitrogen and oxygen atoms in total. The third-order valence-electron chi connectivity index (χ3n) is 3.06. The van der Waals surface area contributed by atoms with Crippen LogP contribution >= 0.6 is 24.0 Å². The molecule has 0 saturated carbocycles. The molecule has 0 atom stereocenters. The summed E-state index contributed by atoms with van der Waals surface area (Å²) in [7, 11) is 0. The van der Waals surface area contributed by atoms with Crippen LogP contribution in [0.25, 0.3) is 6.08 Å². The number of carbonyl (C=O) groups excluding carboxylic acids is 2. The highest BCUT2D eigenvalue weighted by Crippen LogP contribution is 2.31. The number of benzene rings is 1. The molecule has 3 N–H and O–H groups in total. The zero-order chi connectivity index (χ0) is 16.4. The molecule has 1 aliphatic heterocycles. The van der Waals surface area contributed by atoms with E-state index < -0.39 is 11.8 Å². The van der Waals surface area contributed by atoms with Crippen LogP contribution in [0.15, 0.2) is 47.5 Å². The number of hydrazine groups is 1. The second-order valence-electron chi connectivity index (χ2n) is 4.60. The summed E-state index contributed by atoms with van der Waals surface area (Å²) in [6.45, 7) is 0. The van der Waals surface area contributed by atoms with E-state index in [2.05, 4.69) is 10.4 Å². The number of phenolic OH excluding ortho intramolecular Hbond substituents is 1. The number of carbonyl (C=O) groups is 2. The molecule has 8 heteroatoms. The van der Waals surface area contributed by atoms with Crippen LogP contribution in [-0.2, 0) is 4.79 Å². The number of hydrogen-bond acceptors (Lipinski definition) is 5. The number of rotatable bonds is 3. The molecule has 116 valence electrons. The topological polar surface area (TPSA) is 85.4 Å². The van der Waals surface area contributed by atoms with Gasteiger partial charge in [0.25, 0.3) is 11.8 Å². The molecule has 1 fully saturated rings. The minimum absolute atomic E-state index is 0.0647. The minimum Gasteiger partial charge on any atom is -0.507 e. The van der Waals surface area contributed by atoms with E-state index >= 15 is 0 Å². The van der Waals surface area contributed by atoms with Gasteiger partial charge in [-0.1, -0.05) is 23.9 Å². The van der Waals surface area contributed by atoms with Crippen molar-refractivity contribution in [3.63, 3.8) is 0 Å². The van der Waals surface area contributed by atoms with Gasteiger partial charge in [0.15, 0.2) is 4.32 Å². The fourth-order valence-electron chi connectivity index (χ4n) is 1.97. The van der Waals surface area contributed by atoms with Crippen LogP contribution in [0.1, 0.15) is 16.1 Å². The van der Waals surface area contributed by atoms with Gasteiger partial charge in [-0.15, -0.1) is 0 Å². The molecule has 2 heterocycles. The van der Waals surface area contributed by atoms with E-state index in [1.54, 1.807) is 24.4 Å². The summed E-state index contributed by atoms with van der Waals surface area (Å²) in [4.78, 5) is 27.9. The van der Waals surface area contributed by atoms with Gasteiger partial charge in [-0.3, -0.25) is 15.0 Å². The van der Waals surface area contributed by atoms with Gasteiger partial charge in [0, 0.05) is 11.9 Å². The monoisotopic (exact) mass is 345 g/mol. The first-order valence-corrected chi connectivity index (χ1v) is 7.79. The third-order valence-corrected chi connectivity index (χ3v) is 4.37. The summed E-state index contributed by atoms with van der Waals surface area (Å²) in [5.74, 6) is -1.20. The van der Waals surface area contributed by atoms with E-state index in [0.29, 0.717) is 4.91 Å². The average Bonchev–Trinajstić information content (AvgIpc) is 3.12. The first-order chi connectivity index (χ1) is 11.1. The molecule has 0 radical (unpaired) electrons. The lowest BCUT2D eigenvalue weighted by molar-refractivity contribution is -0.123. The maximum atomic E-state index is 12.4. The van der Waals surface area contributed by atoms with E-state index in [4.69, 9.17) is 12.2 Å². The number of H-pyrrole nitrogens is 1. The van der Waals surface area contributed by atoms with E-state index in [0.717, 1.165) is 22.5 Å². The number of amides is 2. The van der Waals surface area contributed by atoms with Gasteiger partial charge < -0.3 is 10.1 Å². The number of aromatic hydroxyl groups is 1. The lowest BCUT2D eigenvalue weighted by atomic mass is 10.2. The van der Waals surface area contributed by atoms with Crippen LogP contribution in [0.4, 0.5) is 0 Å². The Morgan fingerprint density at radius 3 is 2.78 bits per heavy atom. The zero-order valence-electron chi connectivity index (χ0n) is 11.6. The van der Waals surface area contributed by atoms with Crippen LogP contribution < -0.4 is 5.43 Å². The van der Waals surface area contributed by atoms with E-state index in [9.17, 15) is 14.7 Å². The Labute approximate surface area is 141 Å². The first-order valence-electron chi connectivity index (χ1n) is 6.56. The van der Waals surface area contributed by atoms with Crippen molar-refractivity contribution in [2.75, 3.05) is 0 Å². The first kappa shape index (κ1) is 15.3. The Kier molecular flexibility index (Phi) is 4.18. The summed E-state index contributed by atoms with van der Waals surface area (Å²) in [5, 5.41) is 10.7. The van der Waals surface area contributed by atoms with Gasteiger partial charge in [0.2, 0.25) is 0 Å². The number of nitrogens with one attached hydrogen (secondary N) is 2. The number of thioether (sulfide) groups is 1. The molecule has 1 aromatic carbocycles. The van der Waals surface area contributed by atoms with Crippen molar-refractivity contribution in [3.8, 4) is 5.75 Å². The van der Waals surface area contributed by atoms with Gasteiger partial charge >= 0.3 is 0 Å². The summed E-state index contributed by atoms with van der Waals surface area (Å²) in [6.07, 6.45) is 3.40. The van der Waals surface area contributed by atoms with Crippen molar-refractivity contribution < 1.29 is 14.7 Å². The fourth-order valence-corrected chi connectivity index (χ4v) is 3.14. The van der Waals surface area contributed by atoms with E-state index in [-0.39, 0.29) is 15.6 Å². The second kappa shape index (κ2) is 6.27. The maximum absolute atomic E-state index is 12.4. The molecule has 1 aromatic heterocycles. The van der Waals surface area contributed by atoms with Crippen LogP contribution in [-0.4, -0.2) is 31.2 Å². The van der Waals surface area contributed by atoms with Crippen molar-refractivity contribution in [1.29, 1.82) is 0 Å². The smallest absolute Gasteiger partial charge is 0.285 e. The van der Waals surface area contributed by atoms with Crippen LogP contribution in [0, 0.1) is 0 Å². The van der Waals surface area contributed by atoms with E-state index in [1.807, 2.05) is 12.1 Å². The van der Waals surface area contributed by atoms with Crippen LogP contribution in [0.5, 0.6) is 5.75 Å². The standard InChI is InChI=1S/C15H11N3O3S2/c19-11-6-2-1-5-10(11)13(20)17-18-14(21)12(23-15(18)22)8-9-4-3-7-16-9/h1-8,16,19H,(H,17,20)/b12-8+. The molecule has 0 aliphatic carbocycles. The number of hydrogen-bond donors (Lipinski definition) is 3. The number of aromatic amines is 1. The van der Waals surface area contributed by atoms with Gasteiger partial charge in [-0.25, -0.2) is 0 Å². The van der Waals surface area contributed by atoms with Gasteiger partial charge in [-0.2, -0.15) is 5.01 Å². The Hall–Kier alpha value is -2.58. The van der Waals surface area contributed by atoms with Crippen LogP contribution in [0.3, 0.4) is 0 Å². The Morgan fingerprint density at radius 1 is 1.30 bits per heavy atom. The highest BCUT2D eigenvalue weighted by Gasteiger charge is 2.34. The SMILES string of the molecule is O=C(NN1C(=O)/C(=C\c2ccc[nH]2)SC1=S)c1ccccc1O. The lowest BCUT2D eigenvalue weighted by Crippen LogP contribution is -2.44. The van der Waals surface area contributed by atoms with Crippen molar-refractivity contribution >= 4 is 46.2 Å². The van der Waals surface area contributed by atoms with Crippen LogP contribution in [0.2, 0.25) is 0 Å². The van der Waals surface area contributed by atoms with E-state index in [1.165, 1.54) is 12.1 Å². The van der Waals surface area contributed by atoms with Crippen molar-refractivity contribution in [2.24, 2.45) is 0 Å². The molecule has 2 aromatic rings. The number of nitrogens with zero attached hydrogens (tertiary/aromatic N) is 1. The molecule has 0 spiro atoms. The summed E-state index contributed by atoms with van der Waals surface area (Å²) in [5.41, 5.74) is 3.24. The molecule has 23 heavy (non-hydrogen) atoms. The third kappa shape index (κ3) is 3.13. The highest BCUT2D eigenvalue weighted by molar-refractivity contribution is 8.26. The van der Waals surface area contributed by atoms with Gasteiger partial charge in [0.1, 0.15) is 5.75 Å². The number of thiocarbonyl (C=S) groups is 1. The van der Waals surface area contributed by atoms with Gasteiger partial charge in [0.05, 0.1) is 10.5 Å². The Balaban J connectivity index is 1.79. The van der Waals surface area contributed by atoms with Crippen molar-refractivity contribution in [1.82, 2.24) is 15.4 Å². The number of phenols is 1. The zero-order valence-corrected chi connectivity index (χ0v) is 13.3. The average molecular weight is 345 g/mol.